The zero-order valence-corrected chi connectivity index (χ0v) is 10.4. The Kier molecular flexibility index (Phi) is 4.82. The van der Waals surface area contributed by atoms with Crippen LogP contribution in [0.1, 0.15) is 31.2 Å². The second-order valence-electron chi connectivity index (χ2n) is 3.77. The molecular weight excluding hydrogens is 220 g/mol. The molecular formula is C13H17O4. The summed E-state index contributed by atoms with van der Waals surface area (Å²) in [6.07, 6.45) is 1.34. The van der Waals surface area contributed by atoms with E-state index in [4.69, 9.17) is 9.47 Å². The van der Waals surface area contributed by atoms with Gasteiger partial charge in [-0.1, -0.05) is 19.4 Å². The maximum Gasteiger partial charge on any atom is 0.362 e. The largest absolute Gasteiger partial charge is 0.493 e. The fourth-order valence-corrected chi connectivity index (χ4v) is 1.78. The van der Waals surface area contributed by atoms with Gasteiger partial charge in [-0.25, -0.2) is 9.90 Å². The van der Waals surface area contributed by atoms with Crippen LogP contribution in [0.3, 0.4) is 0 Å². The molecule has 0 amide bonds. The van der Waals surface area contributed by atoms with Crippen molar-refractivity contribution in [2.45, 2.75) is 25.7 Å². The van der Waals surface area contributed by atoms with Crippen LogP contribution in [-0.2, 0) is 9.90 Å². The second kappa shape index (κ2) is 6.13. The minimum Gasteiger partial charge on any atom is -0.493 e. The minimum atomic E-state index is -1.06. The number of hydrogen-bond acceptors (Lipinski definition) is 3. The number of ether oxygens (including phenoxy) is 2. The monoisotopic (exact) mass is 237 g/mol. The fraction of sp³-hybridized carbons (Fsp3) is 0.462. The smallest absolute Gasteiger partial charge is 0.362 e. The highest BCUT2D eigenvalue weighted by Crippen LogP contribution is 2.32. The van der Waals surface area contributed by atoms with Crippen LogP contribution in [0.15, 0.2) is 18.2 Å². The first-order valence-electron chi connectivity index (χ1n) is 5.56. The highest BCUT2D eigenvalue weighted by molar-refractivity contribution is 5.76. The molecule has 0 N–H and O–H groups in total. The summed E-state index contributed by atoms with van der Waals surface area (Å²) in [4.78, 5) is 11.1. The molecule has 4 heteroatoms. The van der Waals surface area contributed by atoms with Gasteiger partial charge in [0.1, 0.15) is 0 Å². The average Bonchev–Trinajstić information content (AvgIpc) is 2.34. The molecule has 0 aliphatic carbocycles. The standard InChI is InChI=1S/C13H17O4/c1-4-5-10(13(14)15)9-6-7-11(16-2)12(8-9)17-3/h6-8,10H,4-5H2,1-3H3. The number of methoxy groups -OCH3 is 2. The third-order valence-corrected chi connectivity index (χ3v) is 2.67. The molecule has 1 atom stereocenters. The first kappa shape index (κ1) is 13.4. The lowest BCUT2D eigenvalue weighted by atomic mass is 9.94. The molecule has 0 saturated heterocycles. The zero-order valence-electron chi connectivity index (χ0n) is 10.4. The van der Waals surface area contributed by atoms with E-state index < -0.39 is 11.9 Å². The maximum atomic E-state index is 11.1. The summed E-state index contributed by atoms with van der Waals surface area (Å²) in [5.41, 5.74) is 0.685. The summed E-state index contributed by atoms with van der Waals surface area (Å²) in [6.45, 7) is 1.94. The lowest BCUT2D eigenvalue weighted by molar-refractivity contribution is -0.145. The Morgan fingerprint density at radius 1 is 1.24 bits per heavy atom. The molecule has 0 aliphatic heterocycles. The van der Waals surface area contributed by atoms with Gasteiger partial charge in [0.2, 0.25) is 0 Å². The third-order valence-electron chi connectivity index (χ3n) is 2.67. The van der Waals surface area contributed by atoms with E-state index in [1.165, 1.54) is 7.11 Å². The van der Waals surface area contributed by atoms with E-state index in [0.29, 0.717) is 23.5 Å². The summed E-state index contributed by atoms with van der Waals surface area (Å²) >= 11 is 0. The molecule has 0 saturated carbocycles. The molecule has 0 aromatic heterocycles. The average molecular weight is 237 g/mol. The van der Waals surface area contributed by atoms with Crippen molar-refractivity contribution in [2.75, 3.05) is 14.2 Å². The quantitative estimate of drug-likeness (QED) is 0.764. The molecule has 1 aromatic rings. The summed E-state index contributed by atoms with van der Waals surface area (Å²) < 4.78 is 10.2. The van der Waals surface area contributed by atoms with Crippen molar-refractivity contribution in [3.63, 3.8) is 0 Å². The van der Waals surface area contributed by atoms with Crippen molar-refractivity contribution in [1.82, 2.24) is 0 Å². The lowest BCUT2D eigenvalue weighted by Gasteiger charge is -2.13. The number of carbonyl (C=O) groups excluding carboxylic acids is 1. The summed E-state index contributed by atoms with van der Waals surface area (Å²) in [7, 11) is 3.06. The molecule has 1 aromatic carbocycles. The van der Waals surface area contributed by atoms with Gasteiger partial charge in [0.25, 0.3) is 0 Å². The highest BCUT2D eigenvalue weighted by atomic mass is 16.5. The van der Waals surface area contributed by atoms with Crippen molar-refractivity contribution in [1.29, 1.82) is 0 Å². The Hall–Kier alpha value is -1.71. The lowest BCUT2D eigenvalue weighted by Crippen LogP contribution is -2.10. The Morgan fingerprint density at radius 2 is 1.88 bits per heavy atom. The van der Waals surface area contributed by atoms with Gasteiger partial charge >= 0.3 is 5.97 Å². The van der Waals surface area contributed by atoms with E-state index in [1.54, 1.807) is 25.3 Å². The molecule has 1 radical (unpaired) electrons. The SMILES string of the molecule is CCCC(C([O])=O)c1ccc(OC)c(OC)c1. The van der Waals surface area contributed by atoms with Crippen LogP contribution in [-0.4, -0.2) is 20.2 Å². The van der Waals surface area contributed by atoms with E-state index in [9.17, 15) is 9.90 Å². The number of hydrogen-bond donors (Lipinski definition) is 0. The van der Waals surface area contributed by atoms with E-state index in [0.717, 1.165) is 6.42 Å². The van der Waals surface area contributed by atoms with Gasteiger partial charge in [0, 0.05) is 0 Å². The van der Waals surface area contributed by atoms with Gasteiger partial charge in [-0.3, -0.25) is 0 Å². The summed E-state index contributed by atoms with van der Waals surface area (Å²) in [6, 6.07) is 5.13. The number of carbonyl (C=O) groups is 1. The first-order valence-corrected chi connectivity index (χ1v) is 5.56. The zero-order chi connectivity index (χ0) is 12.8. The molecule has 0 aliphatic rings. The molecule has 0 bridgehead atoms. The maximum absolute atomic E-state index is 11.1. The van der Waals surface area contributed by atoms with Gasteiger partial charge in [0.05, 0.1) is 20.1 Å². The van der Waals surface area contributed by atoms with Gasteiger partial charge in [-0.2, -0.15) is 0 Å². The Labute approximate surface area is 101 Å². The van der Waals surface area contributed by atoms with Crippen molar-refractivity contribution in [3.05, 3.63) is 23.8 Å². The molecule has 0 fully saturated rings. The van der Waals surface area contributed by atoms with Crippen LogP contribution < -0.4 is 9.47 Å². The van der Waals surface area contributed by atoms with Crippen LogP contribution in [0.25, 0.3) is 0 Å². The van der Waals surface area contributed by atoms with E-state index >= 15 is 0 Å². The van der Waals surface area contributed by atoms with Crippen molar-refractivity contribution >= 4 is 5.97 Å². The van der Waals surface area contributed by atoms with Crippen LogP contribution in [0.4, 0.5) is 0 Å². The normalized spacial score (nSPS) is 11.9. The molecule has 4 nitrogen and oxygen atoms in total. The van der Waals surface area contributed by atoms with Crippen LogP contribution >= 0.6 is 0 Å². The second-order valence-corrected chi connectivity index (χ2v) is 3.77. The molecule has 0 heterocycles. The van der Waals surface area contributed by atoms with Gasteiger partial charge in [-0.05, 0) is 24.1 Å². The Morgan fingerprint density at radius 3 is 2.35 bits per heavy atom. The Balaban J connectivity index is 3.08. The van der Waals surface area contributed by atoms with Gasteiger partial charge < -0.3 is 9.47 Å². The number of benzene rings is 1. The Bertz CT molecular complexity index is 387. The molecule has 0 spiro atoms. The molecule has 17 heavy (non-hydrogen) atoms. The third kappa shape index (κ3) is 3.12. The highest BCUT2D eigenvalue weighted by Gasteiger charge is 2.21. The van der Waals surface area contributed by atoms with Crippen LogP contribution in [0, 0.1) is 0 Å². The summed E-state index contributed by atoms with van der Waals surface area (Å²) in [5, 5.41) is 11.1. The van der Waals surface area contributed by atoms with E-state index in [2.05, 4.69) is 0 Å². The van der Waals surface area contributed by atoms with E-state index in [1.807, 2.05) is 6.92 Å². The van der Waals surface area contributed by atoms with Gasteiger partial charge in [0.15, 0.2) is 11.5 Å². The minimum absolute atomic E-state index is 0.535. The fourth-order valence-electron chi connectivity index (χ4n) is 1.78. The van der Waals surface area contributed by atoms with E-state index in [-0.39, 0.29) is 0 Å². The predicted octanol–water partition coefficient (Wildman–Crippen LogP) is 2.54. The molecule has 1 rings (SSSR count). The van der Waals surface area contributed by atoms with Crippen LogP contribution in [0.2, 0.25) is 0 Å². The topological polar surface area (TPSA) is 55.4 Å². The predicted molar refractivity (Wildman–Crippen MR) is 62.9 cm³/mol. The van der Waals surface area contributed by atoms with Crippen molar-refractivity contribution in [3.8, 4) is 11.5 Å². The first-order chi connectivity index (χ1) is 8.13. The number of rotatable bonds is 6. The summed E-state index contributed by atoms with van der Waals surface area (Å²) in [5.74, 6) is -0.531. The van der Waals surface area contributed by atoms with Crippen LogP contribution in [0.5, 0.6) is 11.5 Å². The molecule has 1 unspecified atom stereocenters. The molecule has 93 valence electrons. The van der Waals surface area contributed by atoms with Crippen molar-refractivity contribution < 1.29 is 19.4 Å². The van der Waals surface area contributed by atoms with Crippen molar-refractivity contribution in [2.24, 2.45) is 0 Å². The van der Waals surface area contributed by atoms with Gasteiger partial charge in [-0.15, -0.1) is 0 Å².